The van der Waals surface area contributed by atoms with Crippen LogP contribution in [0.1, 0.15) is 18.4 Å². The van der Waals surface area contributed by atoms with Gasteiger partial charge in [0.1, 0.15) is 16.5 Å². The second-order valence-corrected chi connectivity index (χ2v) is 5.25. The Morgan fingerprint density at radius 3 is 2.94 bits per heavy atom. The van der Waals surface area contributed by atoms with Gasteiger partial charge in [-0.1, -0.05) is 18.5 Å². The van der Waals surface area contributed by atoms with Gasteiger partial charge in [0.05, 0.1) is 5.01 Å². The third kappa shape index (κ3) is 2.58. The first kappa shape index (κ1) is 12.3. The molecule has 0 fully saturated rings. The lowest BCUT2D eigenvalue weighted by Crippen LogP contribution is -1.90. The highest BCUT2D eigenvalue weighted by molar-refractivity contribution is 7.16. The highest BCUT2D eigenvalue weighted by Crippen LogP contribution is 2.33. The summed E-state index contributed by atoms with van der Waals surface area (Å²) in [5.41, 5.74) is 6.74. The molecule has 0 aliphatic heterocycles. The van der Waals surface area contributed by atoms with Crippen LogP contribution in [0.2, 0.25) is 5.02 Å². The fourth-order valence-corrected chi connectivity index (χ4v) is 2.69. The predicted molar refractivity (Wildman–Crippen MR) is 70.9 cm³/mol. The lowest BCUT2D eigenvalue weighted by Gasteiger charge is -2.01. The van der Waals surface area contributed by atoms with Gasteiger partial charge in [-0.15, -0.1) is 11.3 Å². The number of hydrogen-bond donors (Lipinski definition) is 1. The van der Waals surface area contributed by atoms with E-state index in [-0.39, 0.29) is 5.82 Å². The maximum atomic E-state index is 13.7. The smallest absolute Gasteiger partial charge is 0.132 e. The maximum absolute atomic E-state index is 13.7. The molecule has 0 spiro atoms. The van der Waals surface area contributed by atoms with Crippen LogP contribution in [0.15, 0.2) is 18.2 Å². The summed E-state index contributed by atoms with van der Waals surface area (Å²) < 4.78 is 13.7. The Kier molecular flexibility index (Phi) is 3.64. The molecule has 1 aromatic heterocycles. The number of aromatic nitrogens is 1. The lowest BCUT2D eigenvalue weighted by molar-refractivity contribution is 0.631. The molecule has 2 N–H and O–H groups in total. The van der Waals surface area contributed by atoms with Crippen molar-refractivity contribution in [3.63, 3.8) is 0 Å². The van der Waals surface area contributed by atoms with Gasteiger partial charge in [-0.2, -0.15) is 0 Å². The van der Waals surface area contributed by atoms with Crippen molar-refractivity contribution in [1.82, 2.24) is 4.98 Å². The van der Waals surface area contributed by atoms with E-state index in [1.54, 1.807) is 6.07 Å². The molecular weight excluding hydrogens is 259 g/mol. The van der Waals surface area contributed by atoms with E-state index >= 15 is 0 Å². The zero-order valence-corrected chi connectivity index (χ0v) is 10.9. The standard InChI is InChI=1S/C12H12ClFN2S/c1-2-3-10-16-11(12(15)17-10)8-6-7(13)4-5-9(8)14/h4-6H,2-3,15H2,1H3. The van der Waals surface area contributed by atoms with Crippen molar-refractivity contribution in [2.24, 2.45) is 0 Å². The molecule has 0 aliphatic carbocycles. The van der Waals surface area contributed by atoms with E-state index in [2.05, 4.69) is 11.9 Å². The number of aryl methyl sites for hydroxylation is 1. The number of nitrogens with zero attached hydrogens (tertiary/aromatic N) is 1. The van der Waals surface area contributed by atoms with Gasteiger partial charge in [0.2, 0.25) is 0 Å². The quantitative estimate of drug-likeness (QED) is 0.910. The fourth-order valence-electron chi connectivity index (χ4n) is 1.57. The van der Waals surface area contributed by atoms with Gasteiger partial charge in [-0.3, -0.25) is 0 Å². The number of anilines is 1. The van der Waals surface area contributed by atoms with Crippen molar-refractivity contribution >= 4 is 27.9 Å². The third-order valence-corrected chi connectivity index (χ3v) is 3.52. The van der Waals surface area contributed by atoms with Crippen LogP contribution < -0.4 is 5.73 Å². The zero-order valence-electron chi connectivity index (χ0n) is 9.34. The highest BCUT2D eigenvalue weighted by atomic mass is 35.5. The molecule has 2 nitrogen and oxygen atoms in total. The summed E-state index contributed by atoms with van der Waals surface area (Å²) in [6, 6.07) is 4.39. The van der Waals surface area contributed by atoms with Gasteiger partial charge in [-0.25, -0.2) is 9.37 Å². The second kappa shape index (κ2) is 5.02. The van der Waals surface area contributed by atoms with Crippen LogP contribution in [-0.4, -0.2) is 4.98 Å². The Balaban J connectivity index is 2.48. The number of rotatable bonds is 3. The molecule has 0 atom stereocenters. The van der Waals surface area contributed by atoms with Crippen LogP contribution in [0, 0.1) is 5.82 Å². The first-order chi connectivity index (χ1) is 8.11. The van der Waals surface area contributed by atoms with E-state index in [4.69, 9.17) is 17.3 Å². The average molecular weight is 271 g/mol. The Morgan fingerprint density at radius 1 is 1.47 bits per heavy atom. The van der Waals surface area contributed by atoms with Crippen LogP contribution in [-0.2, 0) is 6.42 Å². The minimum Gasteiger partial charge on any atom is -0.389 e. The molecule has 2 rings (SSSR count). The van der Waals surface area contributed by atoms with Crippen LogP contribution in [0.4, 0.5) is 9.39 Å². The van der Waals surface area contributed by atoms with Crippen LogP contribution in [0.3, 0.4) is 0 Å². The minimum absolute atomic E-state index is 0.352. The molecule has 2 aromatic rings. The minimum atomic E-state index is -0.352. The Labute approximate surface area is 108 Å². The molecule has 0 saturated heterocycles. The molecule has 0 amide bonds. The fraction of sp³-hybridized carbons (Fsp3) is 0.250. The maximum Gasteiger partial charge on any atom is 0.132 e. The summed E-state index contributed by atoms with van der Waals surface area (Å²) in [6.45, 7) is 2.07. The predicted octanol–water partition coefficient (Wildman–Crippen LogP) is 4.14. The second-order valence-electron chi connectivity index (χ2n) is 3.69. The van der Waals surface area contributed by atoms with Crippen molar-refractivity contribution in [1.29, 1.82) is 0 Å². The van der Waals surface area contributed by atoms with Crippen LogP contribution in [0.5, 0.6) is 0 Å². The Bertz CT molecular complexity index is 539. The highest BCUT2D eigenvalue weighted by Gasteiger charge is 2.14. The van der Waals surface area contributed by atoms with E-state index in [0.717, 1.165) is 17.8 Å². The molecule has 0 aliphatic rings. The molecule has 0 radical (unpaired) electrons. The largest absolute Gasteiger partial charge is 0.389 e. The van der Waals surface area contributed by atoms with E-state index in [1.165, 1.54) is 23.5 Å². The molecule has 0 bridgehead atoms. The van der Waals surface area contributed by atoms with E-state index in [1.807, 2.05) is 0 Å². The average Bonchev–Trinajstić information content (AvgIpc) is 2.64. The summed E-state index contributed by atoms with van der Waals surface area (Å²) in [6.07, 6.45) is 1.85. The summed E-state index contributed by atoms with van der Waals surface area (Å²) in [7, 11) is 0. The van der Waals surface area contributed by atoms with E-state index < -0.39 is 0 Å². The zero-order chi connectivity index (χ0) is 12.4. The summed E-state index contributed by atoms with van der Waals surface area (Å²) in [4.78, 5) is 4.37. The number of nitrogen functional groups attached to an aromatic ring is 1. The van der Waals surface area contributed by atoms with Crippen LogP contribution in [0.25, 0.3) is 11.3 Å². The monoisotopic (exact) mass is 270 g/mol. The van der Waals surface area contributed by atoms with Gasteiger partial charge >= 0.3 is 0 Å². The third-order valence-electron chi connectivity index (χ3n) is 2.35. The van der Waals surface area contributed by atoms with Gasteiger partial charge in [-0.05, 0) is 31.0 Å². The number of halogens is 2. The summed E-state index contributed by atoms with van der Waals surface area (Å²) in [5, 5.41) is 1.94. The molecule has 17 heavy (non-hydrogen) atoms. The number of benzene rings is 1. The summed E-state index contributed by atoms with van der Waals surface area (Å²) in [5.74, 6) is -0.352. The molecule has 0 saturated carbocycles. The first-order valence-corrected chi connectivity index (χ1v) is 6.52. The molecule has 1 aromatic carbocycles. The molecule has 5 heteroatoms. The Morgan fingerprint density at radius 2 is 2.24 bits per heavy atom. The Hall–Kier alpha value is -1.13. The van der Waals surface area contributed by atoms with Gasteiger partial charge in [0.15, 0.2) is 0 Å². The molecule has 1 heterocycles. The van der Waals surface area contributed by atoms with Crippen molar-refractivity contribution in [3.05, 3.63) is 34.0 Å². The molecular formula is C12H12ClFN2S. The van der Waals surface area contributed by atoms with Crippen molar-refractivity contribution in [3.8, 4) is 11.3 Å². The van der Waals surface area contributed by atoms with Crippen LogP contribution >= 0.6 is 22.9 Å². The SMILES string of the molecule is CCCc1nc(-c2cc(Cl)ccc2F)c(N)s1. The topological polar surface area (TPSA) is 38.9 Å². The molecule has 0 unspecified atom stereocenters. The number of hydrogen-bond acceptors (Lipinski definition) is 3. The van der Waals surface area contributed by atoms with Crippen molar-refractivity contribution < 1.29 is 4.39 Å². The number of nitrogens with two attached hydrogens (primary N) is 1. The first-order valence-electron chi connectivity index (χ1n) is 5.32. The summed E-state index contributed by atoms with van der Waals surface area (Å²) >= 11 is 7.26. The van der Waals surface area contributed by atoms with Gasteiger partial charge in [0, 0.05) is 10.6 Å². The van der Waals surface area contributed by atoms with Gasteiger partial charge in [0.25, 0.3) is 0 Å². The number of thiazole rings is 1. The molecule has 90 valence electrons. The van der Waals surface area contributed by atoms with Crippen molar-refractivity contribution in [2.75, 3.05) is 5.73 Å². The van der Waals surface area contributed by atoms with E-state index in [0.29, 0.717) is 21.3 Å². The lowest BCUT2D eigenvalue weighted by atomic mass is 10.1. The van der Waals surface area contributed by atoms with Crippen molar-refractivity contribution in [2.45, 2.75) is 19.8 Å². The normalized spacial score (nSPS) is 10.8. The van der Waals surface area contributed by atoms with E-state index in [9.17, 15) is 4.39 Å². The van der Waals surface area contributed by atoms with Gasteiger partial charge < -0.3 is 5.73 Å².